The number of ether oxygens (including phenoxy) is 1. The minimum atomic E-state index is -0.284. The Labute approximate surface area is 158 Å². The number of nitrogens with zero attached hydrogens (tertiary/aromatic N) is 2. The maximum absolute atomic E-state index is 12.5. The van der Waals surface area contributed by atoms with Crippen molar-refractivity contribution in [2.45, 2.75) is 26.5 Å². The SMILES string of the molecule is CC(C)Oc1ccccc1NC(=O)c1ccc(NCc2cccnc2)cn1. The second-order valence-electron chi connectivity index (χ2n) is 6.26. The highest BCUT2D eigenvalue weighted by Gasteiger charge is 2.11. The number of aromatic nitrogens is 2. The first-order valence-corrected chi connectivity index (χ1v) is 8.77. The Kier molecular flexibility index (Phi) is 5.99. The van der Waals surface area contributed by atoms with E-state index in [4.69, 9.17) is 4.74 Å². The molecule has 0 bridgehead atoms. The molecule has 0 radical (unpaired) electrons. The van der Waals surface area contributed by atoms with Crippen LogP contribution < -0.4 is 15.4 Å². The Hall–Kier alpha value is -3.41. The first-order chi connectivity index (χ1) is 13.1. The Morgan fingerprint density at radius 1 is 1.07 bits per heavy atom. The van der Waals surface area contributed by atoms with Crippen LogP contribution in [0.4, 0.5) is 11.4 Å². The van der Waals surface area contributed by atoms with Crippen molar-refractivity contribution in [1.82, 2.24) is 9.97 Å². The van der Waals surface area contributed by atoms with Gasteiger partial charge in [-0.15, -0.1) is 0 Å². The van der Waals surface area contributed by atoms with Crippen molar-refractivity contribution < 1.29 is 9.53 Å². The summed E-state index contributed by atoms with van der Waals surface area (Å²) in [4.78, 5) is 20.8. The van der Waals surface area contributed by atoms with Crippen LogP contribution >= 0.6 is 0 Å². The largest absolute Gasteiger partial charge is 0.489 e. The molecule has 6 heteroatoms. The van der Waals surface area contributed by atoms with E-state index in [-0.39, 0.29) is 12.0 Å². The number of carbonyl (C=O) groups excluding carboxylic acids is 1. The van der Waals surface area contributed by atoms with Gasteiger partial charge in [0.1, 0.15) is 11.4 Å². The molecule has 0 atom stereocenters. The van der Waals surface area contributed by atoms with Crippen LogP contribution in [0.15, 0.2) is 67.1 Å². The molecule has 0 aliphatic rings. The minimum absolute atomic E-state index is 0.0198. The zero-order valence-corrected chi connectivity index (χ0v) is 15.3. The standard InChI is InChI=1S/C21H22N4O2/c1-15(2)27-20-8-4-3-7-18(20)25-21(26)19-10-9-17(14-24-19)23-13-16-6-5-11-22-12-16/h3-12,14-15,23H,13H2,1-2H3,(H,25,26). The maximum Gasteiger partial charge on any atom is 0.274 e. The van der Waals surface area contributed by atoms with Gasteiger partial charge >= 0.3 is 0 Å². The number of amides is 1. The van der Waals surface area contributed by atoms with Crippen LogP contribution in [0.25, 0.3) is 0 Å². The molecule has 1 amide bonds. The third-order valence-corrected chi connectivity index (χ3v) is 3.71. The van der Waals surface area contributed by atoms with Gasteiger partial charge in [0, 0.05) is 18.9 Å². The minimum Gasteiger partial charge on any atom is -0.489 e. The summed E-state index contributed by atoms with van der Waals surface area (Å²) in [6.07, 6.45) is 5.20. The van der Waals surface area contributed by atoms with Gasteiger partial charge in [-0.1, -0.05) is 18.2 Å². The molecule has 0 fully saturated rings. The van der Waals surface area contributed by atoms with Crippen molar-refractivity contribution in [2.75, 3.05) is 10.6 Å². The lowest BCUT2D eigenvalue weighted by Gasteiger charge is -2.14. The Morgan fingerprint density at radius 3 is 2.63 bits per heavy atom. The zero-order valence-electron chi connectivity index (χ0n) is 15.3. The van der Waals surface area contributed by atoms with Crippen LogP contribution in [0.3, 0.4) is 0 Å². The average Bonchev–Trinajstić information content (AvgIpc) is 2.69. The van der Waals surface area contributed by atoms with E-state index in [1.807, 2.05) is 50.2 Å². The summed E-state index contributed by atoms with van der Waals surface area (Å²) < 4.78 is 5.72. The molecular formula is C21H22N4O2. The Morgan fingerprint density at radius 2 is 1.93 bits per heavy atom. The molecule has 3 rings (SSSR count). The van der Waals surface area contributed by atoms with Gasteiger partial charge in [0.25, 0.3) is 5.91 Å². The average molecular weight is 362 g/mol. The van der Waals surface area contributed by atoms with Gasteiger partial charge in [-0.05, 0) is 49.7 Å². The lowest BCUT2D eigenvalue weighted by Crippen LogP contribution is -2.15. The smallest absolute Gasteiger partial charge is 0.274 e. The molecule has 3 aromatic rings. The third-order valence-electron chi connectivity index (χ3n) is 3.71. The quantitative estimate of drug-likeness (QED) is 0.661. The molecule has 2 heterocycles. The predicted molar refractivity (Wildman–Crippen MR) is 106 cm³/mol. The number of carbonyl (C=O) groups is 1. The van der Waals surface area contributed by atoms with Crippen molar-refractivity contribution >= 4 is 17.3 Å². The number of hydrogen-bond acceptors (Lipinski definition) is 5. The fourth-order valence-corrected chi connectivity index (χ4v) is 2.45. The number of rotatable bonds is 7. The van der Waals surface area contributed by atoms with Crippen LogP contribution in [-0.2, 0) is 6.54 Å². The van der Waals surface area contributed by atoms with Crippen molar-refractivity contribution in [3.8, 4) is 5.75 Å². The summed E-state index contributed by atoms with van der Waals surface area (Å²) in [6.45, 7) is 4.52. The first-order valence-electron chi connectivity index (χ1n) is 8.77. The summed E-state index contributed by atoms with van der Waals surface area (Å²) in [5.41, 5.74) is 2.86. The van der Waals surface area contributed by atoms with Gasteiger partial charge in [0.05, 0.1) is 23.7 Å². The number of nitrogens with one attached hydrogen (secondary N) is 2. The van der Waals surface area contributed by atoms with Gasteiger partial charge in [0.2, 0.25) is 0 Å². The van der Waals surface area contributed by atoms with E-state index in [2.05, 4.69) is 20.6 Å². The summed E-state index contributed by atoms with van der Waals surface area (Å²) >= 11 is 0. The van der Waals surface area contributed by atoms with E-state index in [1.165, 1.54) is 0 Å². The summed E-state index contributed by atoms with van der Waals surface area (Å²) in [6, 6.07) is 14.8. The normalized spacial score (nSPS) is 10.5. The highest BCUT2D eigenvalue weighted by Crippen LogP contribution is 2.25. The molecule has 0 saturated carbocycles. The fourth-order valence-electron chi connectivity index (χ4n) is 2.45. The van der Waals surface area contributed by atoms with E-state index >= 15 is 0 Å². The number of pyridine rings is 2. The summed E-state index contributed by atoms with van der Waals surface area (Å²) in [5, 5.41) is 6.11. The molecule has 0 spiro atoms. The van der Waals surface area contributed by atoms with E-state index in [0.717, 1.165) is 11.3 Å². The van der Waals surface area contributed by atoms with E-state index in [0.29, 0.717) is 23.7 Å². The molecule has 6 nitrogen and oxygen atoms in total. The zero-order chi connectivity index (χ0) is 19.1. The van der Waals surface area contributed by atoms with Crippen molar-refractivity contribution in [1.29, 1.82) is 0 Å². The number of para-hydroxylation sites is 2. The van der Waals surface area contributed by atoms with E-state index in [9.17, 15) is 4.79 Å². The highest BCUT2D eigenvalue weighted by molar-refractivity contribution is 6.03. The topological polar surface area (TPSA) is 76.1 Å². The molecule has 0 aliphatic carbocycles. The van der Waals surface area contributed by atoms with E-state index < -0.39 is 0 Å². The summed E-state index contributed by atoms with van der Waals surface area (Å²) in [7, 11) is 0. The van der Waals surface area contributed by atoms with Crippen LogP contribution in [0.5, 0.6) is 5.75 Å². The monoisotopic (exact) mass is 362 g/mol. The maximum atomic E-state index is 12.5. The van der Waals surface area contributed by atoms with Gasteiger partial charge in [-0.3, -0.25) is 9.78 Å². The van der Waals surface area contributed by atoms with Crippen molar-refractivity contribution in [3.63, 3.8) is 0 Å². The molecule has 2 aromatic heterocycles. The fraction of sp³-hybridized carbons (Fsp3) is 0.190. The number of anilines is 2. The second kappa shape index (κ2) is 8.80. The highest BCUT2D eigenvalue weighted by atomic mass is 16.5. The van der Waals surface area contributed by atoms with Crippen LogP contribution in [0.1, 0.15) is 29.9 Å². The number of hydrogen-bond donors (Lipinski definition) is 2. The molecule has 0 aliphatic heterocycles. The van der Waals surface area contributed by atoms with Crippen LogP contribution in [-0.4, -0.2) is 22.0 Å². The predicted octanol–water partition coefficient (Wildman–Crippen LogP) is 4.13. The Bertz CT molecular complexity index is 880. The lowest BCUT2D eigenvalue weighted by atomic mass is 10.2. The van der Waals surface area contributed by atoms with Gasteiger partial charge in [-0.2, -0.15) is 0 Å². The third kappa shape index (κ3) is 5.28. The summed E-state index contributed by atoms with van der Waals surface area (Å²) in [5.74, 6) is 0.351. The van der Waals surface area contributed by atoms with Gasteiger partial charge in [-0.25, -0.2) is 4.98 Å². The molecule has 138 valence electrons. The number of benzene rings is 1. The molecule has 1 aromatic carbocycles. The first kappa shape index (κ1) is 18.4. The Balaban J connectivity index is 1.62. The molecule has 0 saturated heterocycles. The second-order valence-corrected chi connectivity index (χ2v) is 6.26. The van der Waals surface area contributed by atoms with Crippen LogP contribution in [0.2, 0.25) is 0 Å². The van der Waals surface area contributed by atoms with Gasteiger partial charge in [0.15, 0.2) is 0 Å². The van der Waals surface area contributed by atoms with Crippen LogP contribution in [0, 0.1) is 0 Å². The lowest BCUT2D eigenvalue weighted by molar-refractivity contribution is 0.102. The molecule has 27 heavy (non-hydrogen) atoms. The van der Waals surface area contributed by atoms with E-state index in [1.54, 1.807) is 30.7 Å². The van der Waals surface area contributed by atoms with Crippen molar-refractivity contribution in [2.24, 2.45) is 0 Å². The molecule has 2 N–H and O–H groups in total. The molecule has 0 unspecified atom stereocenters. The van der Waals surface area contributed by atoms with Crippen molar-refractivity contribution in [3.05, 3.63) is 78.4 Å². The molecular weight excluding hydrogens is 340 g/mol. The van der Waals surface area contributed by atoms with Gasteiger partial charge < -0.3 is 15.4 Å².